The van der Waals surface area contributed by atoms with Crippen LogP contribution in [0.5, 0.6) is 0 Å². The Labute approximate surface area is 178 Å². The molecule has 0 atom stereocenters. The fourth-order valence-electron chi connectivity index (χ4n) is 4.59. The number of nitrogens with one attached hydrogen (secondary N) is 1. The molecule has 2 saturated heterocycles. The number of hydrogen-bond donors (Lipinski definition) is 1. The number of piperazine rings is 1. The van der Waals surface area contributed by atoms with E-state index in [0.717, 1.165) is 58.7 Å². The highest BCUT2D eigenvalue weighted by Gasteiger charge is 2.24. The first-order valence-corrected chi connectivity index (χ1v) is 11.0. The Morgan fingerprint density at radius 2 is 1.57 bits per heavy atom. The van der Waals surface area contributed by atoms with Crippen molar-refractivity contribution >= 4 is 22.6 Å². The zero-order valence-electron chi connectivity index (χ0n) is 17.8. The van der Waals surface area contributed by atoms with Crippen LogP contribution >= 0.6 is 0 Å². The summed E-state index contributed by atoms with van der Waals surface area (Å²) in [5.74, 6) is 0.236. The lowest BCUT2D eigenvalue weighted by molar-refractivity contribution is -0.130. The third kappa shape index (κ3) is 5.18. The molecule has 6 nitrogen and oxygen atoms in total. The Hall–Kier alpha value is -2.44. The molecule has 2 aliphatic heterocycles. The Bertz CT molecular complexity index is 878. The lowest BCUT2D eigenvalue weighted by Gasteiger charge is -2.35. The largest absolute Gasteiger partial charge is 0.352 e. The van der Waals surface area contributed by atoms with Crippen molar-refractivity contribution in [2.24, 2.45) is 0 Å². The number of carbonyl (C=O) groups is 2. The molecule has 0 spiro atoms. The second-order valence-corrected chi connectivity index (χ2v) is 8.54. The smallest absolute Gasteiger partial charge is 0.234 e. The Kier molecular flexibility index (Phi) is 6.65. The van der Waals surface area contributed by atoms with Gasteiger partial charge in [0.2, 0.25) is 11.8 Å². The van der Waals surface area contributed by atoms with Gasteiger partial charge in [-0.3, -0.25) is 19.4 Å². The standard InChI is InChI=1S/C24H32N4O2/c1-19(29)28-11-9-22(10-12-28)25-24(30)18-27-15-13-26(14-16-27)17-21-7-4-6-20-5-2-3-8-23(20)21/h2-8,22H,9-18H2,1H3,(H,25,30). The molecule has 0 radical (unpaired) electrons. The zero-order chi connectivity index (χ0) is 20.9. The number of hydrogen-bond acceptors (Lipinski definition) is 4. The number of piperidine rings is 1. The van der Waals surface area contributed by atoms with Gasteiger partial charge < -0.3 is 10.2 Å². The molecule has 4 rings (SSSR count). The van der Waals surface area contributed by atoms with E-state index in [1.165, 1.54) is 16.3 Å². The van der Waals surface area contributed by atoms with Crippen LogP contribution in [0, 0.1) is 0 Å². The summed E-state index contributed by atoms with van der Waals surface area (Å²) in [6.45, 7) is 8.31. The average Bonchev–Trinajstić information content (AvgIpc) is 2.76. The van der Waals surface area contributed by atoms with Crippen LogP contribution in [-0.2, 0) is 16.1 Å². The second kappa shape index (κ2) is 9.58. The van der Waals surface area contributed by atoms with Crippen LogP contribution in [0.15, 0.2) is 42.5 Å². The second-order valence-electron chi connectivity index (χ2n) is 8.54. The summed E-state index contributed by atoms with van der Waals surface area (Å²) in [6.07, 6.45) is 1.70. The number of fused-ring (bicyclic) bond motifs is 1. The highest BCUT2D eigenvalue weighted by atomic mass is 16.2. The molecule has 0 aromatic heterocycles. The minimum Gasteiger partial charge on any atom is -0.352 e. The Morgan fingerprint density at radius 1 is 0.900 bits per heavy atom. The maximum atomic E-state index is 12.5. The molecular weight excluding hydrogens is 376 g/mol. The summed E-state index contributed by atoms with van der Waals surface area (Å²) in [4.78, 5) is 30.5. The molecule has 2 heterocycles. The predicted molar refractivity (Wildman–Crippen MR) is 119 cm³/mol. The molecule has 0 saturated carbocycles. The highest BCUT2D eigenvalue weighted by Crippen LogP contribution is 2.20. The molecule has 160 valence electrons. The minimum absolute atomic E-state index is 0.110. The first-order valence-electron chi connectivity index (χ1n) is 11.0. The third-order valence-corrected chi connectivity index (χ3v) is 6.41. The summed E-state index contributed by atoms with van der Waals surface area (Å²) in [6, 6.07) is 15.3. The van der Waals surface area contributed by atoms with Crippen LogP contribution < -0.4 is 5.32 Å². The first kappa shape index (κ1) is 20.8. The number of amides is 2. The van der Waals surface area contributed by atoms with E-state index in [-0.39, 0.29) is 17.9 Å². The van der Waals surface area contributed by atoms with Crippen molar-refractivity contribution in [2.75, 3.05) is 45.8 Å². The van der Waals surface area contributed by atoms with E-state index in [9.17, 15) is 9.59 Å². The summed E-state index contributed by atoms with van der Waals surface area (Å²) < 4.78 is 0. The average molecular weight is 409 g/mol. The molecule has 2 amide bonds. The number of carbonyl (C=O) groups excluding carboxylic acids is 2. The van der Waals surface area contributed by atoms with Crippen LogP contribution in [0.4, 0.5) is 0 Å². The SMILES string of the molecule is CC(=O)N1CCC(NC(=O)CN2CCN(Cc3cccc4ccccc34)CC2)CC1. The van der Waals surface area contributed by atoms with Gasteiger partial charge in [-0.2, -0.15) is 0 Å². The van der Waals surface area contributed by atoms with E-state index in [1.807, 2.05) is 4.90 Å². The van der Waals surface area contributed by atoms with Crippen molar-refractivity contribution in [1.82, 2.24) is 20.0 Å². The normalized spacial score (nSPS) is 19.2. The van der Waals surface area contributed by atoms with E-state index in [0.29, 0.717) is 6.54 Å². The van der Waals surface area contributed by atoms with Gasteiger partial charge in [0.1, 0.15) is 0 Å². The van der Waals surface area contributed by atoms with Crippen molar-refractivity contribution in [3.63, 3.8) is 0 Å². The first-order chi connectivity index (χ1) is 14.6. The highest BCUT2D eigenvalue weighted by molar-refractivity contribution is 5.85. The van der Waals surface area contributed by atoms with Gasteiger partial charge in [0.15, 0.2) is 0 Å². The van der Waals surface area contributed by atoms with Gasteiger partial charge in [0.05, 0.1) is 6.54 Å². The van der Waals surface area contributed by atoms with Gasteiger partial charge in [0, 0.05) is 58.8 Å². The van der Waals surface area contributed by atoms with Crippen LogP contribution in [0.2, 0.25) is 0 Å². The van der Waals surface area contributed by atoms with Crippen molar-refractivity contribution < 1.29 is 9.59 Å². The fraction of sp³-hybridized carbons (Fsp3) is 0.500. The molecule has 6 heteroatoms. The van der Waals surface area contributed by atoms with Gasteiger partial charge in [-0.15, -0.1) is 0 Å². The Balaban J connectivity index is 1.21. The third-order valence-electron chi connectivity index (χ3n) is 6.41. The number of likely N-dealkylation sites (tertiary alicyclic amines) is 1. The van der Waals surface area contributed by atoms with E-state index < -0.39 is 0 Å². The molecule has 30 heavy (non-hydrogen) atoms. The van der Waals surface area contributed by atoms with Crippen LogP contribution in [0.1, 0.15) is 25.3 Å². The molecule has 2 aromatic rings. The fourth-order valence-corrected chi connectivity index (χ4v) is 4.59. The van der Waals surface area contributed by atoms with Crippen LogP contribution in [0.25, 0.3) is 10.8 Å². The molecule has 0 bridgehead atoms. The van der Waals surface area contributed by atoms with E-state index >= 15 is 0 Å². The quantitative estimate of drug-likeness (QED) is 0.823. The molecule has 0 unspecified atom stereocenters. The predicted octanol–water partition coefficient (Wildman–Crippen LogP) is 2.08. The minimum atomic E-state index is 0.110. The molecule has 2 aliphatic rings. The molecule has 2 aromatic carbocycles. The summed E-state index contributed by atoms with van der Waals surface area (Å²) >= 11 is 0. The summed E-state index contributed by atoms with van der Waals surface area (Å²) in [7, 11) is 0. The van der Waals surface area contributed by atoms with Gasteiger partial charge in [-0.25, -0.2) is 0 Å². The van der Waals surface area contributed by atoms with Gasteiger partial charge in [0.25, 0.3) is 0 Å². The van der Waals surface area contributed by atoms with Gasteiger partial charge >= 0.3 is 0 Å². The van der Waals surface area contributed by atoms with Crippen molar-refractivity contribution in [2.45, 2.75) is 32.4 Å². The number of benzene rings is 2. The lowest BCUT2D eigenvalue weighted by Crippen LogP contribution is -2.51. The molecule has 1 N–H and O–H groups in total. The van der Waals surface area contributed by atoms with E-state index in [2.05, 4.69) is 57.6 Å². The van der Waals surface area contributed by atoms with Gasteiger partial charge in [-0.1, -0.05) is 42.5 Å². The van der Waals surface area contributed by atoms with Crippen LogP contribution in [0.3, 0.4) is 0 Å². The number of nitrogens with zero attached hydrogens (tertiary/aromatic N) is 3. The summed E-state index contributed by atoms with van der Waals surface area (Å²) in [5, 5.41) is 5.79. The maximum absolute atomic E-state index is 12.5. The maximum Gasteiger partial charge on any atom is 0.234 e. The van der Waals surface area contributed by atoms with E-state index in [4.69, 9.17) is 0 Å². The van der Waals surface area contributed by atoms with Gasteiger partial charge in [-0.05, 0) is 29.2 Å². The van der Waals surface area contributed by atoms with Crippen molar-refractivity contribution in [3.8, 4) is 0 Å². The Morgan fingerprint density at radius 3 is 2.30 bits per heavy atom. The zero-order valence-corrected chi connectivity index (χ0v) is 17.8. The molecule has 2 fully saturated rings. The van der Waals surface area contributed by atoms with Crippen molar-refractivity contribution in [1.29, 1.82) is 0 Å². The monoisotopic (exact) mass is 408 g/mol. The van der Waals surface area contributed by atoms with E-state index in [1.54, 1.807) is 6.92 Å². The molecular formula is C24H32N4O2. The van der Waals surface area contributed by atoms with Crippen molar-refractivity contribution in [3.05, 3.63) is 48.0 Å². The summed E-state index contributed by atoms with van der Waals surface area (Å²) in [5.41, 5.74) is 1.37. The van der Waals surface area contributed by atoms with Crippen LogP contribution in [-0.4, -0.2) is 78.4 Å². The topological polar surface area (TPSA) is 55.9 Å². The number of rotatable bonds is 5. The molecule has 0 aliphatic carbocycles. The lowest BCUT2D eigenvalue weighted by atomic mass is 10.0.